The zero-order chi connectivity index (χ0) is 19.7. The van der Waals surface area contributed by atoms with Gasteiger partial charge >= 0.3 is 0 Å². The Bertz CT molecular complexity index is 998. The summed E-state index contributed by atoms with van der Waals surface area (Å²) < 4.78 is 11.5. The Labute approximate surface area is 172 Å². The van der Waals surface area contributed by atoms with E-state index in [2.05, 4.69) is 4.90 Å². The number of ether oxygens (including phenoxy) is 2. The Morgan fingerprint density at radius 3 is 2.39 bits per heavy atom. The molecule has 0 spiro atoms. The van der Waals surface area contributed by atoms with E-state index in [9.17, 15) is 4.79 Å². The summed E-state index contributed by atoms with van der Waals surface area (Å²) in [6.07, 6.45) is 0. The lowest BCUT2D eigenvalue weighted by atomic mass is 10.1. The number of amides is 1. The van der Waals surface area contributed by atoms with E-state index < -0.39 is 0 Å². The van der Waals surface area contributed by atoms with Gasteiger partial charge in [-0.25, -0.2) is 4.98 Å². The van der Waals surface area contributed by atoms with Crippen LogP contribution in [0.1, 0.15) is 10.4 Å². The third-order valence-electron chi connectivity index (χ3n) is 4.84. The fourth-order valence-corrected chi connectivity index (χ4v) is 4.57. The number of halogens is 1. The van der Waals surface area contributed by atoms with Crippen LogP contribution in [0.3, 0.4) is 0 Å². The van der Waals surface area contributed by atoms with Crippen molar-refractivity contribution in [1.82, 2.24) is 9.88 Å². The van der Waals surface area contributed by atoms with Gasteiger partial charge in [-0.15, -0.1) is 0 Å². The van der Waals surface area contributed by atoms with E-state index >= 15 is 0 Å². The highest BCUT2D eigenvalue weighted by molar-refractivity contribution is 7.22. The second-order valence-electron chi connectivity index (χ2n) is 6.43. The lowest BCUT2D eigenvalue weighted by Gasteiger charge is -2.34. The van der Waals surface area contributed by atoms with Crippen molar-refractivity contribution in [3.05, 3.63) is 47.0 Å². The highest BCUT2D eigenvalue weighted by Crippen LogP contribution is 2.38. The first-order valence-electron chi connectivity index (χ1n) is 8.92. The van der Waals surface area contributed by atoms with Crippen molar-refractivity contribution >= 4 is 44.2 Å². The third-order valence-corrected chi connectivity index (χ3v) is 6.42. The fraction of sp³-hybridized carbons (Fsp3) is 0.300. The zero-order valence-electron chi connectivity index (χ0n) is 15.6. The summed E-state index contributed by atoms with van der Waals surface area (Å²) in [7, 11) is 3.24. The van der Waals surface area contributed by atoms with Crippen molar-refractivity contribution in [2.75, 3.05) is 45.3 Å². The van der Waals surface area contributed by atoms with E-state index in [-0.39, 0.29) is 5.91 Å². The van der Waals surface area contributed by atoms with Crippen LogP contribution >= 0.6 is 22.9 Å². The Morgan fingerprint density at radius 2 is 1.75 bits per heavy atom. The number of carbonyl (C=O) groups excluding carboxylic acids is 1. The monoisotopic (exact) mass is 417 g/mol. The van der Waals surface area contributed by atoms with Crippen LogP contribution in [0.25, 0.3) is 10.2 Å². The summed E-state index contributed by atoms with van der Waals surface area (Å²) in [5.41, 5.74) is 1.46. The van der Waals surface area contributed by atoms with E-state index in [1.165, 1.54) is 0 Å². The van der Waals surface area contributed by atoms with Gasteiger partial charge in [0, 0.05) is 31.7 Å². The molecular weight excluding hydrogens is 398 g/mol. The maximum atomic E-state index is 12.7. The Hall–Kier alpha value is -2.51. The van der Waals surface area contributed by atoms with Crippen molar-refractivity contribution < 1.29 is 14.3 Å². The molecule has 3 aromatic rings. The molecule has 1 aromatic heterocycles. The number of nitrogens with zero attached hydrogens (tertiary/aromatic N) is 3. The molecule has 0 radical (unpaired) electrons. The predicted octanol–water partition coefficient (Wildman–Crippen LogP) is 3.93. The topological polar surface area (TPSA) is 54.9 Å². The smallest absolute Gasteiger partial charge is 0.253 e. The Kier molecular flexibility index (Phi) is 5.28. The van der Waals surface area contributed by atoms with Crippen LogP contribution in [0.4, 0.5) is 5.13 Å². The molecule has 28 heavy (non-hydrogen) atoms. The lowest BCUT2D eigenvalue weighted by Crippen LogP contribution is -2.48. The van der Waals surface area contributed by atoms with E-state index in [4.69, 9.17) is 26.1 Å². The third kappa shape index (κ3) is 3.47. The van der Waals surface area contributed by atoms with E-state index in [1.807, 2.05) is 29.2 Å². The SMILES string of the molecule is COc1ccc(C(=O)N2CCN(c3nc4c(OC)ccc(Cl)c4s3)CC2)cc1. The molecule has 2 heterocycles. The summed E-state index contributed by atoms with van der Waals surface area (Å²) in [4.78, 5) is 21.5. The largest absolute Gasteiger partial charge is 0.497 e. The summed E-state index contributed by atoms with van der Waals surface area (Å²) >= 11 is 7.88. The lowest BCUT2D eigenvalue weighted by molar-refractivity contribution is 0.0746. The fourth-order valence-electron chi connectivity index (χ4n) is 3.26. The van der Waals surface area contributed by atoms with E-state index in [0.29, 0.717) is 23.7 Å². The first kappa shape index (κ1) is 18.8. The maximum absolute atomic E-state index is 12.7. The van der Waals surface area contributed by atoms with Gasteiger partial charge in [-0.2, -0.15) is 0 Å². The summed E-state index contributed by atoms with van der Waals surface area (Å²) in [6.45, 7) is 2.74. The first-order valence-corrected chi connectivity index (χ1v) is 10.1. The molecule has 1 fully saturated rings. The highest BCUT2D eigenvalue weighted by Gasteiger charge is 2.25. The highest BCUT2D eigenvalue weighted by atomic mass is 35.5. The molecule has 0 aliphatic carbocycles. The number of thiazole rings is 1. The van der Waals surface area contributed by atoms with E-state index in [0.717, 1.165) is 39.9 Å². The van der Waals surface area contributed by atoms with Gasteiger partial charge in [0.1, 0.15) is 17.0 Å². The Morgan fingerprint density at radius 1 is 1.04 bits per heavy atom. The van der Waals surface area contributed by atoms with Gasteiger partial charge in [0.15, 0.2) is 5.13 Å². The van der Waals surface area contributed by atoms with Gasteiger partial charge in [-0.05, 0) is 36.4 Å². The van der Waals surface area contributed by atoms with Gasteiger partial charge in [0.2, 0.25) is 0 Å². The quantitative estimate of drug-likeness (QED) is 0.643. The van der Waals surface area contributed by atoms with Crippen molar-refractivity contribution in [1.29, 1.82) is 0 Å². The van der Waals surface area contributed by atoms with Gasteiger partial charge in [0.05, 0.1) is 23.9 Å². The van der Waals surface area contributed by atoms with Crippen LogP contribution in [0.2, 0.25) is 5.02 Å². The minimum atomic E-state index is 0.0383. The number of carbonyl (C=O) groups is 1. The molecule has 8 heteroatoms. The molecule has 0 saturated carbocycles. The number of fused-ring (bicyclic) bond motifs is 1. The summed E-state index contributed by atoms with van der Waals surface area (Å²) in [5, 5.41) is 1.57. The van der Waals surface area contributed by atoms with Crippen molar-refractivity contribution in [3.8, 4) is 11.5 Å². The van der Waals surface area contributed by atoms with Crippen molar-refractivity contribution in [2.45, 2.75) is 0 Å². The maximum Gasteiger partial charge on any atom is 0.253 e. The molecular formula is C20H20ClN3O3S. The first-order chi connectivity index (χ1) is 13.6. The minimum Gasteiger partial charge on any atom is -0.497 e. The number of benzene rings is 2. The number of hydrogen-bond acceptors (Lipinski definition) is 6. The molecule has 0 bridgehead atoms. The van der Waals surface area contributed by atoms with Gasteiger partial charge < -0.3 is 19.3 Å². The molecule has 1 aliphatic heterocycles. The van der Waals surface area contributed by atoms with E-state index in [1.54, 1.807) is 37.7 Å². The van der Waals surface area contributed by atoms with Crippen LogP contribution in [-0.4, -0.2) is 56.2 Å². The van der Waals surface area contributed by atoms with Crippen molar-refractivity contribution in [2.24, 2.45) is 0 Å². The molecule has 1 amide bonds. The second kappa shape index (κ2) is 7.85. The number of piperazine rings is 1. The molecule has 2 aromatic carbocycles. The zero-order valence-corrected chi connectivity index (χ0v) is 17.2. The molecule has 146 valence electrons. The Balaban J connectivity index is 1.47. The van der Waals surface area contributed by atoms with Gasteiger partial charge in [-0.1, -0.05) is 22.9 Å². The molecule has 4 rings (SSSR count). The standard InChI is InChI=1S/C20H20ClN3O3S/c1-26-14-5-3-13(4-6-14)19(25)23-9-11-24(12-10-23)20-22-17-16(27-2)8-7-15(21)18(17)28-20/h3-8H,9-12H2,1-2H3. The van der Waals surface area contributed by atoms with Crippen molar-refractivity contribution in [3.63, 3.8) is 0 Å². The average molecular weight is 418 g/mol. The number of methoxy groups -OCH3 is 2. The molecule has 0 unspecified atom stereocenters. The van der Waals surface area contributed by atoms with Gasteiger partial charge in [-0.3, -0.25) is 4.79 Å². The molecule has 0 atom stereocenters. The number of hydrogen-bond donors (Lipinski definition) is 0. The molecule has 6 nitrogen and oxygen atoms in total. The number of rotatable bonds is 4. The minimum absolute atomic E-state index is 0.0383. The predicted molar refractivity (Wildman–Crippen MR) is 112 cm³/mol. The van der Waals surface area contributed by atoms with Crippen LogP contribution in [0, 0.1) is 0 Å². The molecule has 1 saturated heterocycles. The number of anilines is 1. The number of aromatic nitrogens is 1. The summed E-state index contributed by atoms with van der Waals surface area (Å²) in [5.74, 6) is 1.50. The van der Waals surface area contributed by atoms with Gasteiger partial charge in [0.25, 0.3) is 5.91 Å². The average Bonchev–Trinajstić information content (AvgIpc) is 3.20. The van der Waals surface area contributed by atoms with Crippen LogP contribution in [-0.2, 0) is 0 Å². The van der Waals surface area contributed by atoms with Crippen LogP contribution < -0.4 is 14.4 Å². The van der Waals surface area contributed by atoms with Crippen LogP contribution in [0.15, 0.2) is 36.4 Å². The second-order valence-corrected chi connectivity index (χ2v) is 7.82. The van der Waals surface area contributed by atoms with Crippen LogP contribution in [0.5, 0.6) is 11.5 Å². The molecule has 1 aliphatic rings. The normalized spacial score (nSPS) is 14.4. The summed E-state index contributed by atoms with van der Waals surface area (Å²) in [6, 6.07) is 10.9. The molecule has 0 N–H and O–H groups in total.